The molecular formula is C17H22N4O5. The average Bonchev–Trinajstić information content (AvgIpc) is 3.13. The van der Waals surface area contributed by atoms with Gasteiger partial charge in [-0.2, -0.15) is 0 Å². The molecular weight excluding hydrogens is 340 g/mol. The lowest BCUT2D eigenvalue weighted by atomic mass is 10.1. The van der Waals surface area contributed by atoms with Gasteiger partial charge in [-0.1, -0.05) is 35.5 Å². The fraction of sp³-hybridized carbons (Fsp3) is 0.412. The predicted molar refractivity (Wildman–Crippen MR) is 91.1 cm³/mol. The third-order valence-corrected chi connectivity index (χ3v) is 3.77. The summed E-state index contributed by atoms with van der Waals surface area (Å²) in [5, 5.41) is 19.3. The van der Waals surface area contributed by atoms with Crippen LogP contribution in [0.25, 0.3) is 0 Å². The zero-order chi connectivity index (χ0) is 18.9. The molecule has 1 unspecified atom stereocenters. The average molecular weight is 362 g/mol. The first-order valence-corrected chi connectivity index (χ1v) is 8.11. The highest BCUT2D eigenvalue weighted by Crippen LogP contribution is 2.13. The van der Waals surface area contributed by atoms with Gasteiger partial charge in [0.05, 0.1) is 18.8 Å². The van der Waals surface area contributed by atoms with Crippen molar-refractivity contribution in [2.24, 2.45) is 0 Å². The third kappa shape index (κ3) is 5.28. The van der Waals surface area contributed by atoms with Crippen LogP contribution in [0.4, 0.5) is 4.79 Å². The highest BCUT2D eigenvalue weighted by Gasteiger charge is 2.30. The van der Waals surface area contributed by atoms with Gasteiger partial charge in [-0.25, -0.2) is 14.3 Å². The first-order chi connectivity index (χ1) is 12.5. The maximum Gasteiger partial charge on any atom is 0.408 e. The molecule has 26 heavy (non-hydrogen) atoms. The second-order valence-electron chi connectivity index (χ2n) is 5.61. The Morgan fingerprint density at radius 1 is 1.31 bits per heavy atom. The Morgan fingerprint density at radius 2 is 2.04 bits per heavy atom. The quantitative estimate of drug-likeness (QED) is 0.669. The van der Waals surface area contributed by atoms with Gasteiger partial charge in [-0.15, -0.1) is 5.10 Å². The van der Waals surface area contributed by atoms with Gasteiger partial charge >= 0.3 is 12.1 Å². The lowest BCUT2D eigenvalue weighted by Crippen LogP contribution is -2.46. The van der Waals surface area contributed by atoms with Crippen molar-refractivity contribution >= 4 is 12.1 Å². The van der Waals surface area contributed by atoms with Crippen molar-refractivity contribution in [2.75, 3.05) is 13.7 Å². The number of hydrogen-bond acceptors (Lipinski definition) is 7. The van der Waals surface area contributed by atoms with Crippen LogP contribution in [-0.2, 0) is 27.3 Å². The summed E-state index contributed by atoms with van der Waals surface area (Å²) in [4.78, 5) is 24.1. The minimum absolute atomic E-state index is 0.0580. The maximum atomic E-state index is 12.1. The maximum absolute atomic E-state index is 12.1. The molecule has 0 aliphatic heterocycles. The molecule has 9 nitrogen and oxygen atoms in total. The van der Waals surface area contributed by atoms with Crippen LogP contribution in [0.1, 0.15) is 24.2 Å². The molecule has 0 fully saturated rings. The minimum Gasteiger partial charge on any atom is -0.467 e. The number of methoxy groups -OCH3 is 1. The van der Waals surface area contributed by atoms with Gasteiger partial charge in [0.25, 0.3) is 0 Å². The summed E-state index contributed by atoms with van der Waals surface area (Å²) in [5.74, 6) is -0.631. The van der Waals surface area contributed by atoms with E-state index in [4.69, 9.17) is 14.6 Å². The van der Waals surface area contributed by atoms with Gasteiger partial charge in [-0.3, -0.25) is 0 Å². The zero-order valence-electron chi connectivity index (χ0n) is 14.7. The van der Waals surface area contributed by atoms with Crippen molar-refractivity contribution in [2.45, 2.75) is 32.0 Å². The number of esters is 1. The first kappa shape index (κ1) is 19.4. The molecule has 1 aromatic heterocycles. The molecule has 0 saturated heterocycles. The Hall–Kier alpha value is -2.94. The number of rotatable bonds is 8. The number of alkyl carbamates (subject to hydrolysis) is 1. The number of nitrogens with zero attached hydrogens (tertiary/aromatic N) is 3. The Labute approximate surface area is 150 Å². The van der Waals surface area contributed by atoms with Crippen LogP contribution in [0.3, 0.4) is 0 Å². The summed E-state index contributed by atoms with van der Waals surface area (Å²) < 4.78 is 11.3. The number of benzene rings is 1. The molecule has 1 aromatic carbocycles. The molecule has 2 N–H and O–H groups in total. The Kier molecular flexibility index (Phi) is 7.10. The molecule has 0 aliphatic rings. The van der Waals surface area contributed by atoms with E-state index in [0.717, 1.165) is 5.56 Å². The molecule has 0 spiro atoms. The number of ether oxygens (including phenoxy) is 2. The Morgan fingerprint density at radius 3 is 2.69 bits per heavy atom. The number of aliphatic hydroxyl groups excluding tert-OH is 1. The first-order valence-electron chi connectivity index (χ1n) is 8.11. The zero-order valence-corrected chi connectivity index (χ0v) is 14.7. The topological polar surface area (TPSA) is 116 Å². The molecule has 1 amide bonds. The van der Waals surface area contributed by atoms with Crippen molar-refractivity contribution in [3.05, 3.63) is 47.8 Å². The standard InChI is InChI=1S/C17H22N4O5/c1-12(21-10-14(8-9-22)19-20-21)15(16(23)25-2)18-17(24)26-11-13-6-4-3-5-7-13/h3-7,10,12,15,22H,8-9,11H2,1-2H3,(H,18,24)/t12?,15-/m0/s1. The van der Waals surface area contributed by atoms with Gasteiger partial charge in [0.1, 0.15) is 6.61 Å². The fourth-order valence-corrected chi connectivity index (χ4v) is 2.29. The summed E-state index contributed by atoms with van der Waals surface area (Å²) in [5.41, 5.74) is 1.41. The number of aliphatic hydroxyl groups is 1. The summed E-state index contributed by atoms with van der Waals surface area (Å²) in [6.07, 6.45) is 1.21. The largest absolute Gasteiger partial charge is 0.467 e. The van der Waals surface area contributed by atoms with E-state index in [1.165, 1.54) is 11.8 Å². The number of amides is 1. The van der Waals surface area contributed by atoms with Crippen LogP contribution in [0.15, 0.2) is 36.5 Å². The number of hydrogen-bond donors (Lipinski definition) is 2. The molecule has 140 valence electrons. The van der Waals surface area contributed by atoms with Crippen LogP contribution in [-0.4, -0.2) is 51.9 Å². The molecule has 0 bridgehead atoms. The number of aromatic nitrogens is 3. The van der Waals surface area contributed by atoms with Crippen molar-refractivity contribution in [1.29, 1.82) is 0 Å². The van der Waals surface area contributed by atoms with Crippen LogP contribution >= 0.6 is 0 Å². The molecule has 0 aliphatic carbocycles. The number of nitrogens with one attached hydrogen (secondary N) is 1. The lowest BCUT2D eigenvalue weighted by Gasteiger charge is -2.22. The van der Waals surface area contributed by atoms with Gasteiger partial charge in [0.2, 0.25) is 0 Å². The normalized spacial score (nSPS) is 12.9. The van der Waals surface area contributed by atoms with E-state index < -0.39 is 24.1 Å². The molecule has 0 saturated carbocycles. The van der Waals surface area contributed by atoms with Gasteiger partial charge in [-0.05, 0) is 12.5 Å². The van der Waals surface area contributed by atoms with Crippen LogP contribution in [0.2, 0.25) is 0 Å². The van der Waals surface area contributed by atoms with Crippen LogP contribution in [0.5, 0.6) is 0 Å². The van der Waals surface area contributed by atoms with Crippen LogP contribution < -0.4 is 5.32 Å². The van der Waals surface area contributed by atoms with E-state index in [2.05, 4.69) is 15.6 Å². The van der Waals surface area contributed by atoms with E-state index in [1.807, 2.05) is 30.3 Å². The van der Waals surface area contributed by atoms with E-state index in [0.29, 0.717) is 12.1 Å². The Bertz CT molecular complexity index is 719. The van der Waals surface area contributed by atoms with Crippen molar-refractivity contribution in [3.8, 4) is 0 Å². The van der Waals surface area contributed by atoms with E-state index in [-0.39, 0.29) is 13.2 Å². The SMILES string of the molecule is COC(=O)[C@@H](NC(=O)OCc1ccccc1)C(C)n1cc(CCO)nn1. The molecule has 9 heteroatoms. The number of carbonyl (C=O) groups excluding carboxylic acids is 2. The van der Waals surface area contributed by atoms with Crippen molar-refractivity contribution < 1.29 is 24.2 Å². The van der Waals surface area contributed by atoms with Crippen molar-refractivity contribution in [3.63, 3.8) is 0 Å². The highest BCUT2D eigenvalue weighted by molar-refractivity contribution is 5.81. The summed E-state index contributed by atoms with van der Waals surface area (Å²) in [7, 11) is 1.23. The number of carbonyl (C=O) groups is 2. The Balaban J connectivity index is 2.01. The monoisotopic (exact) mass is 362 g/mol. The van der Waals surface area contributed by atoms with Gasteiger partial charge < -0.3 is 19.9 Å². The molecule has 2 rings (SSSR count). The smallest absolute Gasteiger partial charge is 0.408 e. The lowest BCUT2D eigenvalue weighted by molar-refractivity contribution is -0.144. The van der Waals surface area contributed by atoms with E-state index in [1.54, 1.807) is 13.1 Å². The molecule has 0 radical (unpaired) electrons. The van der Waals surface area contributed by atoms with E-state index in [9.17, 15) is 9.59 Å². The fourth-order valence-electron chi connectivity index (χ4n) is 2.29. The van der Waals surface area contributed by atoms with Gasteiger partial charge in [0, 0.05) is 19.2 Å². The van der Waals surface area contributed by atoms with E-state index >= 15 is 0 Å². The third-order valence-electron chi connectivity index (χ3n) is 3.77. The molecule has 2 atom stereocenters. The molecule has 2 aromatic rings. The summed E-state index contributed by atoms with van der Waals surface area (Å²) in [6, 6.07) is 7.62. The summed E-state index contributed by atoms with van der Waals surface area (Å²) >= 11 is 0. The highest BCUT2D eigenvalue weighted by atomic mass is 16.6. The second-order valence-corrected chi connectivity index (χ2v) is 5.61. The molecule has 1 heterocycles. The predicted octanol–water partition coefficient (Wildman–Crippen LogP) is 0.842. The summed E-state index contributed by atoms with van der Waals surface area (Å²) in [6.45, 7) is 1.72. The second kappa shape index (κ2) is 9.52. The van der Waals surface area contributed by atoms with Crippen molar-refractivity contribution in [1.82, 2.24) is 20.3 Å². The van der Waals surface area contributed by atoms with Gasteiger partial charge in [0.15, 0.2) is 6.04 Å². The minimum atomic E-state index is -1.01. The van der Waals surface area contributed by atoms with Crippen LogP contribution in [0, 0.1) is 0 Å².